The van der Waals surface area contributed by atoms with Crippen LogP contribution in [0.15, 0.2) is 35.2 Å². The van der Waals surface area contributed by atoms with Gasteiger partial charge in [0.15, 0.2) is 0 Å². The lowest BCUT2D eigenvalue weighted by molar-refractivity contribution is 0.0526. The van der Waals surface area contributed by atoms with Gasteiger partial charge in [-0.15, -0.1) is 12.6 Å². The maximum absolute atomic E-state index is 11.7. The number of hydrogen-bond donors (Lipinski definition) is 1. The van der Waals surface area contributed by atoms with Crippen molar-refractivity contribution in [2.45, 2.75) is 11.8 Å². The van der Waals surface area contributed by atoms with E-state index in [0.717, 1.165) is 21.4 Å². The first-order valence-corrected chi connectivity index (χ1v) is 6.08. The predicted molar refractivity (Wildman–Crippen MR) is 73.7 cm³/mol. The maximum Gasteiger partial charge on any atom is 0.338 e. The monoisotopic (exact) mass is 262 g/mol. The zero-order chi connectivity index (χ0) is 13.1. The highest BCUT2D eigenvalue weighted by atomic mass is 32.1. The smallest absolute Gasteiger partial charge is 0.338 e. The zero-order valence-electron chi connectivity index (χ0n) is 10.3. The number of carbonyl (C=O) groups excluding carboxylic acids is 1. The van der Waals surface area contributed by atoms with Crippen molar-refractivity contribution in [2.75, 3.05) is 13.7 Å². The van der Waals surface area contributed by atoms with Crippen molar-refractivity contribution in [1.29, 1.82) is 0 Å². The van der Waals surface area contributed by atoms with Gasteiger partial charge in [-0.1, -0.05) is 0 Å². The van der Waals surface area contributed by atoms with Crippen molar-refractivity contribution in [1.82, 2.24) is 0 Å². The van der Waals surface area contributed by atoms with E-state index in [0.29, 0.717) is 12.2 Å². The molecule has 0 saturated heterocycles. The lowest BCUT2D eigenvalue weighted by Gasteiger charge is -2.08. The van der Waals surface area contributed by atoms with Crippen LogP contribution in [-0.2, 0) is 4.74 Å². The van der Waals surface area contributed by atoms with Crippen LogP contribution < -0.4 is 4.74 Å². The highest BCUT2D eigenvalue weighted by molar-refractivity contribution is 7.80. The van der Waals surface area contributed by atoms with E-state index in [1.165, 1.54) is 0 Å². The van der Waals surface area contributed by atoms with Gasteiger partial charge in [0.05, 0.1) is 19.3 Å². The molecule has 2 aromatic carbocycles. The summed E-state index contributed by atoms with van der Waals surface area (Å²) in [7, 11) is 1.61. The van der Waals surface area contributed by atoms with Gasteiger partial charge in [0.2, 0.25) is 0 Å². The van der Waals surface area contributed by atoms with Gasteiger partial charge >= 0.3 is 5.97 Å². The molecule has 0 aliphatic heterocycles. The van der Waals surface area contributed by atoms with Crippen LogP contribution in [-0.4, -0.2) is 19.7 Å². The standard InChI is InChI=1S/C14H14O3S/c1-3-17-14(15)10-6-9-7-11(16-2)4-5-12(9)13(18)8-10/h4-8,18H,3H2,1-2H3. The van der Waals surface area contributed by atoms with E-state index in [4.69, 9.17) is 9.47 Å². The third-order valence-electron chi connectivity index (χ3n) is 2.65. The van der Waals surface area contributed by atoms with Crippen LogP contribution in [0.5, 0.6) is 5.75 Å². The first-order chi connectivity index (χ1) is 8.65. The Morgan fingerprint density at radius 1 is 1.28 bits per heavy atom. The summed E-state index contributed by atoms with van der Waals surface area (Å²) in [6, 6.07) is 9.17. The van der Waals surface area contributed by atoms with E-state index in [1.54, 1.807) is 26.2 Å². The molecule has 2 aromatic rings. The maximum atomic E-state index is 11.7. The van der Waals surface area contributed by atoms with Crippen LogP contribution in [0.25, 0.3) is 10.8 Å². The molecule has 0 bridgehead atoms. The Morgan fingerprint density at radius 2 is 2.06 bits per heavy atom. The fourth-order valence-corrected chi connectivity index (χ4v) is 2.13. The lowest BCUT2D eigenvalue weighted by Crippen LogP contribution is -2.04. The van der Waals surface area contributed by atoms with Gasteiger partial charge in [0.1, 0.15) is 5.75 Å². The van der Waals surface area contributed by atoms with Crippen LogP contribution in [0.3, 0.4) is 0 Å². The summed E-state index contributed by atoms with van der Waals surface area (Å²) in [6.07, 6.45) is 0. The van der Waals surface area contributed by atoms with E-state index >= 15 is 0 Å². The van der Waals surface area contributed by atoms with Crippen molar-refractivity contribution in [3.63, 3.8) is 0 Å². The molecule has 4 heteroatoms. The Kier molecular flexibility index (Phi) is 3.77. The molecule has 0 aliphatic rings. The van der Waals surface area contributed by atoms with Crippen LogP contribution >= 0.6 is 12.6 Å². The number of fused-ring (bicyclic) bond motifs is 1. The molecule has 0 atom stereocenters. The van der Waals surface area contributed by atoms with Crippen LogP contribution in [0.1, 0.15) is 17.3 Å². The summed E-state index contributed by atoms with van der Waals surface area (Å²) in [5.41, 5.74) is 0.502. The molecule has 0 N–H and O–H groups in total. The van der Waals surface area contributed by atoms with E-state index in [-0.39, 0.29) is 5.97 Å². The van der Waals surface area contributed by atoms with Crippen LogP contribution in [0.4, 0.5) is 0 Å². The fraction of sp³-hybridized carbons (Fsp3) is 0.214. The predicted octanol–water partition coefficient (Wildman–Crippen LogP) is 3.31. The van der Waals surface area contributed by atoms with Crippen molar-refractivity contribution in [3.8, 4) is 5.75 Å². The largest absolute Gasteiger partial charge is 0.497 e. The van der Waals surface area contributed by atoms with E-state index in [9.17, 15) is 4.79 Å². The van der Waals surface area contributed by atoms with E-state index in [1.807, 2.05) is 18.2 Å². The summed E-state index contributed by atoms with van der Waals surface area (Å²) in [4.78, 5) is 12.5. The molecule has 3 nitrogen and oxygen atoms in total. The number of ether oxygens (including phenoxy) is 2. The molecule has 0 radical (unpaired) electrons. The Morgan fingerprint density at radius 3 is 2.72 bits per heavy atom. The summed E-state index contributed by atoms with van der Waals surface area (Å²) in [5, 5.41) is 1.89. The van der Waals surface area contributed by atoms with Crippen molar-refractivity contribution < 1.29 is 14.3 Å². The summed E-state index contributed by atoms with van der Waals surface area (Å²) in [5.74, 6) is 0.411. The molecular weight excluding hydrogens is 248 g/mol. The third-order valence-corrected chi connectivity index (χ3v) is 3.02. The van der Waals surface area contributed by atoms with Crippen LogP contribution in [0, 0.1) is 0 Å². The minimum absolute atomic E-state index is 0.336. The minimum Gasteiger partial charge on any atom is -0.497 e. The first-order valence-electron chi connectivity index (χ1n) is 5.63. The topological polar surface area (TPSA) is 35.5 Å². The Bertz CT molecular complexity index is 593. The lowest BCUT2D eigenvalue weighted by atomic mass is 10.1. The molecular formula is C14H14O3S. The first kappa shape index (κ1) is 12.8. The normalized spacial score (nSPS) is 10.4. The van der Waals surface area contributed by atoms with Gasteiger partial charge in [-0.2, -0.15) is 0 Å². The second kappa shape index (κ2) is 5.31. The number of thiol groups is 1. The number of carbonyl (C=O) groups is 1. The number of benzene rings is 2. The molecule has 0 aromatic heterocycles. The molecule has 94 valence electrons. The molecule has 18 heavy (non-hydrogen) atoms. The summed E-state index contributed by atoms with van der Waals surface area (Å²) >= 11 is 4.40. The van der Waals surface area contributed by atoms with Crippen molar-refractivity contribution in [2.24, 2.45) is 0 Å². The van der Waals surface area contributed by atoms with Gasteiger partial charge in [0, 0.05) is 4.90 Å². The average molecular weight is 262 g/mol. The molecule has 0 amide bonds. The highest BCUT2D eigenvalue weighted by Gasteiger charge is 2.10. The zero-order valence-corrected chi connectivity index (χ0v) is 11.2. The summed E-state index contributed by atoms with van der Waals surface area (Å²) < 4.78 is 10.2. The summed E-state index contributed by atoms with van der Waals surface area (Å²) in [6.45, 7) is 2.14. The van der Waals surface area contributed by atoms with E-state index in [2.05, 4.69) is 12.6 Å². The molecule has 0 fully saturated rings. The highest BCUT2D eigenvalue weighted by Crippen LogP contribution is 2.27. The SMILES string of the molecule is CCOC(=O)c1cc(S)c2ccc(OC)cc2c1. The van der Waals surface area contributed by atoms with Gasteiger partial charge in [0.25, 0.3) is 0 Å². The number of rotatable bonds is 3. The van der Waals surface area contributed by atoms with Gasteiger partial charge in [-0.25, -0.2) is 4.79 Å². The molecule has 0 spiro atoms. The molecule has 0 saturated carbocycles. The number of esters is 1. The third kappa shape index (κ3) is 2.43. The van der Waals surface area contributed by atoms with Crippen LogP contribution in [0.2, 0.25) is 0 Å². The quantitative estimate of drug-likeness (QED) is 0.681. The van der Waals surface area contributed by atoms with Gasteiger partial charge in [-0.3, -0.25) is 0 Å². The number of hydrogen-bond acceptors (Lipinski definition) is 4. The Balaban J connectivity index is 2.55. The van der Waals surface area contributed by atoms with Gasteiger partial charge < -0.3 is 9.47 Å². The van der Waals surface area contributed by atoms with Gasteiger partial charge in [-0.05, 0) is 48.0 Å². The molecule has 0 unspecified atom stereocenters. The van der Waals surface area contributed by atoms with E-state index < -0.39 is 0 Å². The molecule has 0 aliphatic carbocycles. The second-order valence-electron chi connectivity index (χ2n) is 3.80. The van der Waals surface area contributed by atoms with Crippen molar-refractivity contribution >= 4 is 29.4 Å². The fourth-order valence-electron chi connectivity index (χ4n) is 1.79. The molecule has 0 heterocycles. The minimum atomic E-state index is -0.336. The van der Waals surface area contributed by atoms with Crippen molar-refractivity contribution in [3.05, 3.63) is 35.9 Å². The average Bonchev–Trinajstić information content (AvgIpc) is 2.38. The Hall–Kier alpha value is -1.68. The Labute approximate surface area is 111 Å². The number of methoxy groups -OCH3 is 1. The molecule has 2 rings (SSSR count). The second-order valence-corrected chi connectivity index (χ2v) is 4.28.